The van der Waals surface area contributed by atoms with E-state index in [0.29, 0.717) is 5.88 Å². The van der Waals surface area contributed by atoms with Crippen LogP contribution in [0.2, 0.25) is 0 Å². The van der Waals surface area contributed by atoms with Crippen molar-refractivity contribution in [2.45, 2.75) is 45.6 Å². The van der Waals surface area contributed by atoms with Crippen LogP contribution in [0.5, 0.6) is 5.75 Å². The number of pyridine rings is 1. The van der Waals surface area contributed by atoms with Crippen LogP contribution in [0.15, 0.2) is 12.1 Å². The van der Waals surface area contributed by atoms with Gasteiger partial charge in [0.2, 0.25) is 0 Å². The summed E-state index contributed by atoms with van der Waals surface area (Å²) < 4.78 is 5.84. The van der Waals surface area contributed by atoms with Crippen molar-refractivity contribution in [3.63, 3.8) is 0 Å². The summed E-state index contributed by atoms with van der Waals surface area (Å²) in [7, 11) is 0. The Morgan fingerprint density at radius 1 is 1.33 bits per heavy atom. The summed E-state index contributed by atoms with van der Waals surface area (Å²) in [6.07, 6.45) is 2.27. The van der Waals surface area contributed by atoms with Gasteiger partial charge in [0.1, 0.15) is 5.75 Å². The lowest BCUT2D eigenvalue weighted by Crippen LogP contribution is -2.15. The van der Waals surface area contributed by atoms with Gasteiger partial charge >= 0.3 is 0 Å². The average Bonchev–Trinajstić information content (AvgIpc) is 2.27. The summed E-state index contributed by atoms with van der Waals surface area (Å²) in [5.74, 6) is 1.22. The second-order valence-electron chi connectivity index (χ2n) is 3.59. The van der Waals surface area contributed by atoms with Crippen molar-refractivity contribution in [3.05, 3.63) is 23.5 Å². The Morgan fingerprint density at radius 3 is 2.53 bits per heavy atom. The van der Waals surface area contributed by atoms with Gasteiger partial charge in [0.15, 0.2) is 0 Å². The van der Waals surface area contributed by atoms with Gasteiger partial charge in [-0.15, -0.1) is 11.6 Å². The van der Waals surface area contributed by atoms with Crippen molar-refractivity contribution in [3.8, 4) is 5.75 Å². The highest BCUT2D eigenvalue weighted by Crippen LogP contribution is 2.21. The summed E-state index contributed by atoms with van der Waals surface area (Å²) in [6.45, 7) is 6.20. The number of alkyl halides is 1. The van der Waals surface area contributed by atoms with Gasteiger partial charge in [0.05, 0.1) is 17.7 Å². The molecule has 0 aliphatic rings. The van der Waals surface area contributed by atoms with Crippen LogP contribution >= 0.6 is 11.6 Å². The molecule has 0 amide bonds. The Morgan fingerprint density at radius 2 is 2.00 bits per heavy atom. The maximum absolute atomic E-state index is 5.84. The Labute approximate surface area is 96.6 Å². The first kappa shape index (κ1) is 12.3. The molecule has 0 unspecified atom stereocenters. The van der Waals surface area contributed by atoms with Gasteiger partial charge in [-0.25, -0.2) is 0 Å². The zero-order valence-corrected chi connectivity index (χ0v) is 10.3. The summed E-state index contributed by atoms with van der Waals surface area (Å²) in [5, 5.41) is 0. The molecule has 15 heavy (non-hydrogen) atoms. The molecule has 0 radical (unpaired) electrons. The molecular formula is C12H18ClNO. The van der Waals surface area contributed by atoms with Gasteiger partial charge in [0.25, 0.3) is 0 Å². The van der Waals surface area contributed by atoms with Crippen molar-refractivity contribution in [1.29, 1.82) is 0 Å². The van der Waals surface area contributed by atoms with Gasteiger partial charge in [-0.05, 0) is 31.9 Å². The average molecular weight is 228 g/mol. The normalized spacial score (nSPS) is 10.7. The Balaban J connectivity index is 2.83. The molecule has 0 atom stereocenters. The van der Waals surface area contributed by atoms with E-state index in [-0.39, 0.29) is 6.10 Å². The van der Waals surface area contributed by atoms with Crippen LogP contribution in [0.25, 0.3) is 0 Å². The number of aryl methyl sites for hydroxylation is 1. The number of rotatable bonds is 5. The van der Waals surface area contributed by atoms with E-state index in [0.717, 1.165) is 30.0 Å². The van der Waals surface area contributed by atoms with Gasteiger partial charge in [-0.3, -0.25) is 4.98 Å². The molecule has 0 saturated heterocycles. The molecule has 1 aromatic heterocycles. The van der Waals surface area contributed by atoms with E-state index in [2.05, 4.69) is 18.8 Å². The third-order valence-electron chi connectivity index (χ3n) is 2.40. The topological polar surface area (TPSA) is 22.1 Å². The first-order valence-corrected chi connectivity index (χ1v) is 5.93. The van der Waals surface area contributed by atoms with Crippen molar-refractivity contribution < 1.29 is 4.74 Å². The van der Waals surface area contributed by atoms with Crippen molar-refractivity contribution in [1.82, 2.24) is 4.98 Å². The maximum Gasteiger partial charge on any atom is 0.142 e. The standard InChI is InChI=1S/C12H18ClNO/c1-4-10(5-2)15-12-7-6-9(3)14-11(12)8-13/h6-7,10H,4-5,8H2,1-3H3. The zero-order valence-electron chi connectivity index (χ0n) is 9.59. The fourth-order valence-electron chi connectivity index (χ4n) is 1.44. The van der Waals surface area contributed by atoms with Crippen LogP contribution in [0.3, 0.4) is 0 Å². The van der Waals surface area contributed by atoms with E-state index < -0.39 is 0 Å². The van der Waals surface area contributed by atoms with Crippen LogP contribution in [0, 0.1) is 6.92 Å². The van der Waals surface area contributed by atoms with E-state index in [1.807, 2.05) is 19.1 Å². The Hall–Kier alpha value is -0.760. The summed E-state index contributed by atoms with van der Waals surface area (Å²) in [6, 6.07) is 3.91. The van der Waals surface area contributed by atoms with E-state index in [1.54, 1.807) is 0 Å². The summed E-state index contributed by atoms with van der Waals surface area (Å²) >= 11 is 5.83. The number of hydrogen-bond acceptors (Lipinski definition) is 2. The quantitative estimate of drug-likeness (QED) is 0.716. The molecule has 0 bridgehead atoms. The molecule has 1 heterocycles. The fraction of sp³-hybridized carbons (Fsp3) is 0.583. The first-order chi connectivity index (χ1) is 7.21. The van der Waals surface area contributed by atoms with Gasteiger partial charge in [0, 0.05) is 5.69 Å². The number of aromatic nitrogens is 1. The maximum atomic E-state index is 5.84. The molecule has 1 rings (SSSR count). The monoisotopic (exact) mass is 227 g/mol. The van der Waals surface area contributed by atoms with Crippen LogP contribution in [-0.2, 0) is 5.88 Å². The molecule has 0 aromatic carbocycles. The summed E-state index contributed by atoms with van der Waals surface area (Å²) in [5.41, 5.74) is 1.81. The summed E-state index contributed by atoms with van der Waals surface area (Å²) in [4.78, 5) is 4.36. The van der Waals surface area contributed by atoms with Crippen molar-refractivity contribution >= 4 is 11.6 Å². The largest absolute Gasteiger partial charge is 0.488 e. The van der Waals surface area contributed by atoms with Crippen LogP contribution in [0.4, 0.5) is 0 Å². The Kier molecular flexibility index (Phi) is 4.89. The minimum atomic E-state index is 0.261. The molecule has 0 fully saturated rings. The van der Waals surface area contributed by atoms with Crippen LogP contribution in [0.1, 0.15) is 38.1 Å². The number of nitrogens with zero attached hydrogens (tertiary/aromatic N) is 1. The van der Waals surface area contributed by atoms with E-state index in [1.165, 1.54) is 0 Å². The molecule has 0 saturated carbocycles. The van der Waals surface area contributed by atoms with Crippen molar-refractivity contribution in [2.75, 3.05) is 0 Å². The fourth-order valence-corrected chi connectivity index (χ4v) is 1.63. The van der Waals surface area contributed by atoms with Crippen LogP contribution in [-0.4, -0.2) is 11.1 Å². The highest BCUT2D eigenvalue weighted by atomic mass is 35.5. The highest BCUT2D eigenvalue weighted by Gasteiger charge is 2.09. The van der Waals surface area contributed by atoms with E-state index in [4.69, 9.17) is 16.3 Å². The predicted octanol–water partition coefficient (Wildman–Crippen LogP) is 3.70. The second kappa shape index (κ2) is 5.96. The third-order valence-corrected chi connectivity index (χ3v) is 2.66. The Bertz CT molecular complexity index is 310. The number of ether oxygens (including phenoxy) is 1. The lowest BCUT2D eigenvalue weighted by Gasteiger charge is -2.17. The van der Waals surface area contributed by atoms with Crippen molar-refractivity contribution in [2.24, 2.45) is 0 Å². The second-order valence-corrected chi connectivity index (χ2v) is 3.85. The van der Waals surface area contributed by atoms with Crippen LogP contribution < -0.4 is 4.74 Å². The SMILES string of the molecule is CCC(CC)Oc1ccc(C)nc1CCl. The minimum absolute atomic E-state index is 0.261. The molecule has 3 heteroatoms. The third kappa shape index (κ3) is 3.38. The minimum Gasteiger partial charge on any atom is -0.488 e. The molecule has 0 aliphatic heterocycles. The molecule has 0 N–H and O–H groups in total. The highest BCUT2D eigenvalue weighted by molar-refractivity contribution is 6.17. The van der Waals surface area contributed by atoms with E-state index >= 15 is 0 Å². The van der Waals surface area contributed by atoms with Gasteiger partial charge in [-0.2, -0.15) is 0 Å². The van der Waals surface area contributed by atoms with Gasteiger partial charge in [-0.1, -0.05) is 13.8 Å². The molecular weight excluding hydrogens is 210 g/mol. The predicted molar refractivity (Wildman–Crippen MR) is 63.5 cm³/mol. The lowest BCUT2D eigenvalue weighted by atomic mass is 10.2. The molecule has 1 aromatic rings. The molecule has 84 valence electrons. The number of hydrogen-bond donors (Lipinski definition) is 0. The zero-order chi connectivity index (χ0) is 11.3. The molecule has 2 nitrogen and oxygen atoms in total. The lowest BCUT2D eigenvalue weighted by molar-refractivity contribution is 0.190. The van der Waals surface area contributed by atoms with Gasteiger partial charge < -0.3 is 4.74 Å². The smallest absolute Gasteiger partial charge is 0.142 e. The first-order valence-electron chi connectivity index (χ1n) is 5.40. The van der Waals surface area contributed by atoms with E-state index in [9.17, 15) is 0 Å². The number of halogens is 1. The molecule has 0 spiro atoms. The molecule has 0 aliphatic carbocycles.